The first-order chi connectivity index (χ1) is 20.5. The highest BCUT2D eigenvalue weighted by Crippen LogP contribution is 2.59. The standard InChI is InChI=1S/C31H30BrFN6O3S/c1-16(40)29-21-7-18(20-12-34-17(2)35-13-20)5-6-24(21)38(37-29)14-28(42)39-25(10-31(3)11-27(31)39)26(41)9-23-19(15-43-4)8-22(33)30(32)36-23/h5-8,12-13,25,27H,9-11,14-15H2,1-4H3/t25?,27-,31+/m1/s1. The number of hydrogen-bond acceptors (Lipinski definition) is 8. The minimum absolute atomic E-state index is 0.0106. The van der Waals surface area contributed by atoms with Crippen LogP contribution in [0.2, 0.25) is 0 Å². The van der Waals surface area contributed by atoms with Crippen molar-refractivity contribution in [3.63, 3.8) is 0 Å². The second-order valence-electron chi connectivity index (χ2n) is 11.7. The van der Waals surface area contributed by atoms with Crippen molar-refractivity contribution in [2.24, 2.45) is 5.41 Å². The third-order valence-electron chi connectivity index (χ3n) is 8.52. The van der Waals surface area contributed by atoms with Crippen LogP contribution >= 0.6 is 27.7 Å². The van der Waals surface area contributed by atoms with Crippen molar-refractivity contribution in [2.45, 2.75) is 64.4 Å². The third kappa shape index (κ3) is 5.50. The van der Waals surface area contributed by atoms with Crippen LogP contribution in [0.5, 0.6) is 0 Å². The number of fused-ring (bicyclic) bond motifs is 2. The molecule has 2 aliphatic rings. The maximum Gasteiger partial charge on any atom is 0.245 e. The lowest BCUT2D eigenvalue weighted by Gasteiger charge is -2.27. The number of benzene rings is 1. The summed E-state index contributed by atoms with van der Waals surface area (Å²) in [4.78, 5) is 54.8. The molecule has 0 spiro atoms. The highest BCUT2D eigenvalue weighted by atomic mass is 79.9. The number of nitrogens with zero attached hydrogens (tertiary/aromatic N) is 6. The van der Waals surface area contributed by atoms with E-state index in [-0.39, 0.29) is 52.2 Å². The van der Waals surface area contributed by atoms with Crippen LogP contribution in [0.3, 0.4) is 0 Å². The smallest absolute Gasteiger partial charge is 0.245 e. The quantitative estimate of drug-likeness (QED) is 0.174. The minimum Gasteiger partial charge on any atom is -0.327 e. The van der Waals surface area contributed by atoms with E-state index in [2.05, 4.69) is 42.9 Å². The van der Waals surface area contributed by atoms with E-state index in [9.17, 15) is 18.8 Å². The fraction of sp³-hybridized carbons (Fsp3) is 0.387. The molecule has 1 saturated carbocycles. The van der Waals surface area contributed by atoms with Gasteiger partial charge in [0.25, 0.3) is 0 Å². The van der Waals surface area contributed by atoms with Gasteiger partial charge in [-0.25, -0.2) is 19.3 Å². The average Bonchev–Trinajstić information content (AvgIpc) is 3.33. The molecule has 1 amide bonds. The maximum absolute atomic E-state index is 14.2. The highest BCUT2D eigenvalue weighted by molar-refractivity contribution is 9.10. The molecule has 1 unspecified atom stereocenters. The highest BCUT2D eigenvalue weighted by Gasteiger charge is 2.64. The number of carbonyl (C=O) groups is 3. The van der Waals surface area contributed by atoms with Gasteiger partial charge in [-0.2, -0.15) is 16.9 Å². The van der Waals surface area contributed by atoms with Gasteiger partial charge in [0.15, 0.2) is 17.4 Å². The zero-order chi connectivity index (χ0) is 30.6. The lowest BCUT2D eigenvalue weighted by molar-refractivity contribution is -0.139. The molecule has 0 bridgehead atoms. The number of Topliss-reactive ketones (excluding diaryl/α,β-unsaturated/α-hetero) is 2. The Labute approximate surface area is 260 Å². The van der Waals surface area contributed by atoms with Gasteiger partial charge in [0.2, 0.25) is 5.91 Å². The van der Waals surface area contributed by atoms with Crippen LogP contribution in [0.15, 0.2) is 41.3 Å². The molecule has 2 fully saturated rings. The number of aryl methyl sites for hydroxylation is 1. The number of hydrogen-bond donors (Lipinski definition) is 0. The molecule has 6 rings (SSSR count). The van der Waals surface area contributed by atoms with Crippen LogP contribution in [0.25, 0.3) is 22.0 Å². The lowest BCUT2D eigenvalue weighted by atomic mass is 9.96. The van der Waals surface area contributed by atoms with E-state index >= 15 is 0 Å². The van der Waals surface area contributed by atoms with Crippen LogP contribution in [0.4, 0.5) is 4.39 Å². The molecular weight excluding hydrogens is 635 g/mol. The van der Waals surface area contributed by atoms with Crippen LogP contribution < -0.4 is 0 Å². The number of thioether (sulfide) groups is 1. The van der Waals surface area contributed by atoms with Gasteiger partial charge in [-0.1, -0.05) is 13.0 Å². The SMILES string of the molecule is CSCc1cc(F)c(Br)nc1CC(=O)C1C[C@@]2(C)C[C@H]2N1C(=O)Cn1nc(C(C)=O)c2cc(-c3cnc(C)nc3)ccc21. The van der Waals surface area contributed by atoms with E-state index in [0.717, 1.165) is 17.5 Å². The number of carbonyl (C=O) groups excluding carboxylic acids is 3. The largest absolute Gasteiger partial charge is 0.327 e. The molecule has 3 atom stereocenters. The summed E-state index contributed by atoms with van der Waals surface area (Å²) < 4.78 is 15.8. The van der Waals surface area contributed by atoms with E-state index in [1.807, 2.05) is 31.4 Å². The normalized spacial score (nSPS) is 20.8. The Morgan fingerprint density at radius 2 is 1.88 bits per heavy atom. The summed E-state index contributed by atoms with van der Waals surface area (Å²) in [7, 11) is 0. The Balaban J connectivity index is 1.28. The molecule has 4 aromatic rings. The van der Waals surface area contributed by atoms with Crippen LogP contribution in [0.1, 0.15) is 54.3 Å². The van der Waals surface area contributed by atoms with E-state index in [0.29, 0.717) is 40.2 Å². The molecule has 1 aliphatic carbocycles. The van der Waals surface area contributed by atoms with Crippen LogP contribution in [-0.4, -0.2) is 65.4 Å². The number of rotatable bonds is 9. The van der Waals surface area contributed by atoms with Gasteiger partial charge in [-0.15, -0.1) is 0 Å². The van der Waals surface area contributed by atoms with Crippen molar-refractivity contribution >= 4 is 56.1 Å². The molecule has 0 N–H and O–H groups in total. The predicted octanol–water partition coefficient (Wildman–Crippen LogP) is 5.36. The molecule has 3 aromatic heterocycles. The number of pyridine rings is 1. The predicted molar refractivity (Wildman–Crippen MR) is 165 cm³/mol. The summed E-state index contributed by atoms with van der Waals surface area (Å²) in [6.45, 7) is 5.26. The molecule has 43 heavy (non-hydrogen) atoms. The van der Waals surface area contributed by atoms with Crippen molar-refractivity contribution < 1.29 is 18.8 Å². The molecule has 9 nitrogen and oxygen atoms in total. The molecule has 222 valence electrons. The average molecular weight is 666 g/mol. The summed E-state index contributed by atoms with van der Waals surface area (Å²) in [5, 5.41) is 5.18. The maximum atomic E-state index is 14.2. The van der Waals surface area contributed by atoms with E-state index in [4.69, 9.17) is 0 Å². The fourth-order valence-corrected chi connectivity index (χ4v) is 7.05. The van der Waals surface area contributed by atoms with E-state index < -0.39 is 11.9 Å². The van der Waals surface area contributed by atoms with Crippen molar-refractivity contribution in [3.05, 3.63) is 69.9 Å². The topological polar surface area (TPSA) is 111 Å². The monoisotopic (exact) mass is 664 g/mol. The van der Waals surface area contributed by atoms with Crippen molar-refractivity contribution in [1.29, 1.82) is 0 Å². The summed E-state index contributed by atoms with van der Waals surface area (Å²) in [6, 6.07) is 6.38. The first-order valence-electron chi connectivity index (χ1n) is 14.0. The Hall–Kier alpha value is -3.51. The Morgan fingerprint density at radius 1 is 1.14 bits per heavy atom. The van der Waals surface area contributed by atoms with Crippen LogP contribution in [0, 0.1) is 18.2 Å². The summed E-state index contributed by atoms with van der Waals surface area (Å²) in [5.74, 6) is 0.163. The van der Waals surface area contributed by atoms with Gasteiger partial charge in [0.05, 0.1) is 23.7 Å². The van der Waals surface area contributed by atoms with Crippen molar-refractivity contribution in [1.82, 2.24) is 29.6 Å². The molecule has 4 heterocycles. The zero-order valence-corrected chi connectivity index (χ0v) is 26.6. The number of aromatic nitrogens is 5. The van der Waals surface area contributed by atoms with Gasteiger partial charge in [-0.3, -0.25) is 19.1 Å². The van der Waals surface area contributed by atoms with Gasteiger partial charge in [0, 0.05) is 42.1 Å². The number of piperidine rings is 1. The van der Waals surface area contributed by atoms with Crippen molar-refractivity contribution in [3.8, 4) is 11.1 Å². The second-order valence-corrected chi connectivity index (χ2v) is 13.3. The van der Waals surface area contributed by atoms with E-state index in [1.165, 1.54) is 24.8 Å². The molecular formula is C31H30BrFN6O3S. The Morgan fingerprint density at radius 3 is 2.58 bits per heavy atom. The molecule has 1 saturated heterocycles. The lowest BCUT2D eigenvalue weighted by Crippen LogP contribution is -2.45. The summed E-state index contributed by atoms with van der Waals surface area (Å²) >= 11 is 4.67. The second kappa shape index (κ2) is 11.2. The van der Waals surface area contributed by atoms with Gasteiger partial charge in [-0.05, 0) is 76.7 Å². The van der Waals surface area contributed by atoms with Gasteiger partial charge < -0.3 is 4.90 Å². The number of ketones is 2. The summed E-state index contributed by atoms with van der Waals surface area (Å²) in [5.41, 5.74) is 3.64. The third-order valence-corrected chi connectivity index (χ3v) is 9.68. The van der Waals surface area contributed by atoms with Crippen molar-refractivity contribution in [2.75, 3.05) is 6.26 Å². The first-order valence-corrected chi connectivity index (χ1v) is 16.1. The fourth-order valence-electron chi connectivity index (χ4n) is 6.16. The minimum atomic E-state index is -0.605. The molecule has 0 radical (unpaired) electrons. The van der Waals surface area contributed by atoms with Gasteiger partial charge in [0.1, 0.15) is 22.7 Å². The first kappa shape index (κ1) is 29.6. The van der Waals surface area contributed by atoms with Gasteiger partial charge >= 0.3 is 0 Å². The molecule has 1 aromatic carbocycles. The molecule has 1 aliphatic heterocycles. The Kier molecular flexibility index (Phi) is 7.70. The number of amides is 1. The number of halogens is 2. The number of likely N-dealkylation sites (tertiary alicyclic amines) is 1. The summed E-state index contributed by atoms with van der Waals surface area (Å²) in [6.07, 6.45) is 6.78. The Bertz CT molecular complexity index is 1790. The molecule has 12 heteroatoms. The zero-order valence-electron chi connectivity index (χ0n) is 24.2. The van der Waals surface area contributed by atoms with Crippen LogP contribution in [-0.2, 0) is 28.3 Å². The van der Waals surface area contributed by atoms with E-state index in [1.54, 1.807) is 22.0 Å².